The second-order valence-electron chi connectivity index (χ2n) is 6.55. The summed E-state index contributed by atoms with van der Waals surface area (Å²) in [5.41, 5.74) is 3.06. The van der Waals surface area contributed by atoms with Crippen molar-refractivity contribution in [3.8, 4) is 5.75 Å². The number of ether oxygens (including phenoxy) is 1. The summed E-state index contributed by atoms with van der Waals surface area (Å²) < 4.78 is 11.9. The molecule has 27 heavy (non-hydrogen) atoms. The first-order chi connectivity index (χ1) is 13.2. The Hall–Kier alpha value is -2.37. The zero-order valence-corrected chi connectivity index (χ0v) is 16.2. The average molecular weight is 397 g/mol. The minimum absolute atomic E-state index is 0.0674. The van der Waals surface area contributed by atoms with E-state index in [1.54, 1.807) is 18.0 Å². The first-order valence-corrected chi connectivity index (χ1v) is 10.3. The fraction of sp³-hybridized carbons (Fsp3) is 0.190. The second kappa shape index (κ2) is 6.66. The maximum absolute atomic E-state index is 6.35. The fourth-order valence-electron chi connectivity index (χ4n) is 3.64. The van der Waals surface area contributed by atoms with E-state index in [0.717, 1.165) is 34.8 Å². The van der Waals surface area contributed by atoms with Crippen LogP contribution in [-0.4, -0.2) is 17.0 Å². The highest BCUT2D eigenvalue weighted by molar-refractivity contribution is 7.98. The highest BCUT2D eigenvalue weighted by atomic mass is 35.5. The Bertz CT molecular complexity index is 1000. The van der Waals surface area contributed by atoms with Gasteiger partial charge in [-0.15, -0.1) is 11.8 Å². The predicted octanol–water partition coefficient (Wildman–Crippen LogP) is 5.90. The molecule has 0 fully saturated rings. The molecule has 0 spiro atoms. The van der Waals surface area contributed by atoms with Crippen LogP contribution in [-0.2, 0) is 0 Å². The normalized spacial score (nSPS) is 20.7. The Kier molecular flexibility index (Phi) is 4.14. The molecule has 0 unspecified atom stereocenters. The molecule has 2 atom stereocenters. The van der Waals surface area contributed by atoms with Crippen molar-refractivity contribution in [1.82, 2.24) is 5.01 Å². The van der Waals surface area contributed by atoms with Crippen LogP contribution in [0.2, 0.25) is 5.02 Å². The molecule has 0 radical (unpaired) electrons. The number of rotatable bonds is 3. The summed E-state index contributed by atoms with van der Waals surface area (Å²) in [6.07, 6.45) is 4.22. The second-order valence-corrected chi connectivity index (χ2v) is 7.87. The summed E-state index contributed by atoms with van der Waals surface area (Å²) in [5.74, 6) is 1.65. The lowest BCUT2D eigenvalue weighted by Crippen LogP contribution is -2.33. The van der Waals surface area contributed by atoms with E-state index in [1.165, 1.54) is 4.90 Å². The van der Waals surface area contributed by atoms with Gasteiger partial charge in [-0.3, -0.25) is 0 Å². The minimum Gasteiger partial charge on any atom is -0.464 e. The van der Waals surface area contributed by atoms with Gasteiger partial charge in [0.05, 0.1) is 12.3 Å². The van der Waals surface area contributed by atoms with Gasteiger partial charge in [-0.2, -0.15) is 5.10 Å². The Morgan fingerprint density at radius 1 is 1.15 bits per heavy atom. The van der Waals surface area contributed by atoms with Crippen molar-refractivity contribution in [3.63, 3.8) is 0 Å². The molecule has 4 nitrogen and oxygen atoms in total. The third kappa shape index (κ3) is 2.91. The van der Waals surface area contributed by atoms with Crippen LogP contribution in [0, 0.1) is 0 Å². The first kappa shape index (κ1) is 16.8. The third-order valence-electron chi connectivity index (χ3n) is 4.96. The van der Waals surface area contributed by atoms with Crippen molar-refractivity contribution in [1.29, 1.82) is 0 Å². The van der Waals surface area contributed by atoms with Gasteiger partial charge in [0.25, 0.3) is 0 Å². The van der Waals surface area contributed by atoms with Crippen molar-refractivity contribution >= 4 is 29.1 Å². The topological polar surface area (TPSA) is 38.0 Å². The Morgan fingerprint density at radius 3 is 2.74 bits per heavy atom. The maximum Gasteiger partial charge on any atom is 0.213 e. The molecule has 0 bridgehead atoms. The number of benzene rings is 2. The molecule has 2 aromatic carbocycles. The van der Waals surface area contributed by atoms with E-state index in [9.17, 15) is 0 Å². The molecule has 6 heteroatoms. The van der Waals surface area contributed by atoms with Gasteiger partial charge in [0.1, 0.15) is 17.2 Å². The molecule has 2 aliphatic heterocycles. The average Bonchev–Trinajstić information content (AvgIpc) is 3.37. The van der Waals surface area contributed by atoms with Crippen molar-refractivity contribution in [3.05, 3.63) is 82.8 Å². The van der Waals surface area contributed by atoms with Gasteiger partial charge in [-0.25, -0.2) is 5.01 Å². The van der Waals surface area contributed by atoms with Gasteiger partial charge in [0.15, 0.2) is 0 Å². The maximum atomic E-state index is 6.35. The summed E-state index contributed by atoms with van der Waals surface area (Å²) in [6, 6.07) is 18.1. The van der Waals surface area contributed by atoms with Crippen LogP contribution in [0.5, 0.6) is 5.75 Å². The van der Waals surface area contributed by atoms with Crippen molar-refractivity contribution in [2.45, 2.75) is 23.6 Å². The lowest BCUT2D eigenvalue weighted by atomic mass is 9.97. The molecule has 5 rings (SSSR count). The Labute approximate surface area is 166 Å². The molecule has 0 amide bonds. The molecule has 136 valence electrons. The summed E-state index contributed by atoms with van der Waals surface area (Å²) >= 11 is 7.98. The smallest absolute Gasteiger partial charge is 0.213 e. The first-order valence-electron chi connectivity index (χ1n) is 8.72. The van der Waals surface area contributed by atoms with Crippen LogP contribution < -0.4 is 4.74 Å². The molecule has 3 heterocycles. The van der Waals surface area contributed by atoms with E-state index in [0.29, 0.717) is 5.02 Å². The summed E-state index contributed by atoms with van der Waals surface area (Å²) in [4.78, 5) is 1.22. The quantitative estimate of drug-likeness (QED) is 0.517. The molecular weight excluding hydrogens is 380 g/mol. The van der Waals surface area contributed by atoms with Crippen molar-refractivity contribution in [2.24, 2.45) is 5.10 Å². The van der Waals surface area contributed by atoms with E-state index in [-0.39, 0.29) is 12.3 Å². The van der Waals surface area contributed by atoms with Crippen LogP contribution in [0.1, 0.15) is 35.6 Å². The van der Waals surface area contributed by atoms with E-state index in [1.807, 2.05) is 35.3 Å². The SMILES string of the molecule is CSc1ccc([C@H]2Oc3ccc(Cl)cc3[C@@H]3CC(c4ccco4)=NN23)cc1. The fourth-order valence-corrected chi connectivity index (χ4v) is 4.23. The number of thioether (sulfide) groups is 1. The Balaban J connectivity index is 1.59. The van der Waals surface area contributed by atoms with Crippen LogP contribution in [0.15, 0.2) is 75.3 Å². The monoisotopic (exact) mass is 396 g/mol. The highest BCUT2D eigenvalue weighted by Gasteiger charge is 2.41. The summed E-state index contributed by atoms with van der Waals surface area (Å²) in [6.45, 7) is 0. The van der Waals surface area contributed by atoms with E-state index >= 15 is 0 Å². The third-order valence-corrected chi connectivity index (χ3v) is 5.94. The van der Waals surface area contributed by atoms with E-state index in [4.69, 9.17) is 25.9 Å². The highest BCUT2D eigenvalue weighted by Crippen LogP contribution is 2.48. The number of furan rings is 1. The number of hydrazone groups is 1. The molecular formula is C21H17ClN2O2S. The predicted molar refractivity (Wildman–Crippen MR) is 107 cm³/mol. The van der Waals surface area contributed by atoms with Crippen LogP contribution in [0.25, 0.3) is 0 Å². The molecule has 0 N–H and O–H groups in total. The van der Waals surface area contributed by atoms with Gasteiger partial charge in [-0.1, -0.05) is 23.7 Å². The Morgan fingerprint density at radius 2 is 2.00 bits per heavy atom. The number of fused-ring (bicyclic) bond motifs is 3. The zero-order chi connectivity index (χ0) is 18.4. The van der Waals surface area contributed by atoms with E-state index < -0.39 is 0 Å². The lowest BCUT2D eigenvalue weighted by molar-refractivity contribution is -0.0190. The molecule has 0 saturated carbocycles. The van der Waals surface area contributed by atoms with Gasteiger partial charge >= 0.3 is 0 Å². The van der Waals surface area contributed by atoms with Crippen molar-refractivity contribution < 1.29 is 9.15 Å². The number of nitrogens with zero attached hydrogens (tertiary/aromatic N) is 2. The molecule has 0 saturated heterocycles. The van der Waals surface area contributed by atoms with Gasteiger partial charge in [-0.05, 0) is 48.7 Å². The van der Waals surface area contributed by atoms with Gasteiger partial charge < -0.3 is 9.15 Å². The van der Waals surface area contributed by atoms with Crippen LogP contribution in [0.4, 0.5) is 0 Å². The minimum atomic E-state index is -0.285. The molecule has 0 aliphatic carbocycles. The summed E-state index contributed by atoms with van der Waals surface area (Å²) in [5, 5.41) is 7.60. The molecule has 3 aromatic rings. The van der Waals surface area contributed by atoms with Crippen LogP contribution >= 0.6 is 23.4 Å². The van der Waals surface area contributed by atoms with Crippen molar-refractivity contribution in [2.75, 3.05) is 6.26 Å². The molecule has 2 aliphatic rings. The zero-order valence-electron chi connectivity index (χ0n) is 14.6. The summed E-state index contributed by atoms with van der Waals surface area (Å²) in [7, 11) is 0. The van der Waals surface area contributed by atoms with Gasteiger partial charge in [0, 0.05) is 27.5 Å². The number of hydrogen-bond donors (Lipinski definition) is 0. The number of hydrogen-bond acceptors (Lipinski definition) is 5. The van der Waals surface area contributed by atoms with E-state index in [2.05, 4.69) is 30.5 Å². The largest absolute Gasteiger partial charge is 0.464 e. The lowest BCUT2D eigenvalue weighted by Gasteiger charge is -2.38. The van der Waals surface area contributed by atoms with Gasteiger partial charge in [0.2, 0.25) is 6.23 Å². The number of halogens is 1. The molecule has 1 aromatic heterocycles. The van der Waals surface area contributed by atoms with Crippen LogP contribution in [0.3, 0.4) is 0 Å². The standard InChI is InChI=1S/C21H17ClN2O2S/c1-27-15-7-4-13(5-8-15)21-24-18(12-17(23-24)20-3-2-10-25-20)16-11-14(22)6-9-19(16)26-21/h2-11,18,21H,12H2,1H3/t18-,21+/m0/s1.